The summed E-state index contributed by atoms with van der Waals surface area (Å²) in [5, 5.41) is 7.46. The van der Waals surface area contributed by atoms with Gasteiger partial charge in [-0.1, -0.05) is 12.1 Å². The molecule has 0 amide bonds. The van der Waals surface area contributed by atoms with E-state index in [0.717, 1.165) is 0 Å². The molecule has 2 aromatic rings. The first-order valence-electron chi connectivity index (χ1n) is 4.52. The first-order valence-corrected chi connectivity index (χ1v) is 4.52. The first-order chi connectivity index (χ1) is 7.18. The lowest BCUT2D eigenvalue weighted by Crippen LogP contribution is -2.04. The number of rotatable bonds is 2. The van der Waals surface area contributed by atoms with E-state index < -0.39 is 5.82 Å². The van der Waals surface area contributed by atoms with Crippen molar-refractivity contribution in [1.82, 2.24) is 10.2 Å². The lowest BCUT2D eigenvalue weighted by Gasteiger charge is -1.97. The van der Waals surface area contributed by atoms with Crippen molar-refractivity contribution in [2.45, 2.75) is 13.0 Å². The van der Waals surface area contributed by atoms with Crippen LogP contribution in [-0.2, 0) is 0 Å². The summed E-state index contributed by atoms with van der Waals surface area (Å²) < 4.78 is 18.6. The van der Waals surface area contributed by atoms with Crippen molar-refractivity contribution in [2.75, 3.05) is 0 Å². The Labute approximate surface area is 85.9 Å². The molecule has 2 N–H and O–H groups in total. The lowest BCUT2D eigenvalue weighted by molar-refractivity contribution is 0.470. The second kappa shape index (κ2) is 3.78. The van der Waals surface area contributed by atoms with Gasteiger partial charge in [0.25, 0.3) is 5.89 Å². The highest BCUT2D eigenvalue weighted by molar-refractivity contribution is 5.53. The average Bonchev–Trinajstić information content (AvgIpc) is 2.67. The minimum Gasteiger partial charge on any atom is -0.419 e. The van der Waals surface area contributed by atoms with Crippen molar-refractivity contribution in [3.63, 3.8) is 0 Å². The van der Waals surface area contributed by atoms with Crippen LogP contribution in [0, 0.1) is 5.82 Å². The highest BCUT2D eigenvalue weighted by Crippen LogP contribution is 2.22. The Morgan fingerprint density at radius 1 is 1.33 bits per heavy atom. The van der Waals surface area contributed by atoms with Crippen LogP contribution in [0.1, 0.15) is 18.9 Å². The monoisotopic (exact) mass is 207 g/mol. The molecule has 1 heterocycles. The molecular weight excluding hydrogens is 197 g/mol. The zero-order valence-corrected chi connectivity index (χ0v) is 8.14. The van der Waals surface area contributed by atoms with Crippen molar-refractivity contribution in [3.8, 4) is 11.5 Å². The summed E-state index contributed by atoms with van der Waals surface area (Å²) >= 11 is 0. The summed E-state index contributed by atoms with van der Waals surface area (Å²) in [7, 11) is 0. The molecule has 0 fully saturated rings. The van der Waals surface area contributed by atoms with Gasteiger partial charge in [0.15, 0.2) is 0 Å². The predicted molar refractivity (Wildman–Crippen MR) is 52.3 cm³/mol. The van der Waals surface area contributed by atoms with E-state index in [-0.39, 0.29) is 17.5 Å². The second-order valence-electron chi connectivity index (χ2n) is 3.21. The number of hydrogen-bond donors (Lipinski definition) is 1. The molecule has 0 bridgehead atoms. The molecule has 2 rings (SSSR count). The van der Waals surface area contributed by atoms with Crippen LogP contribution in [0.5, 0.6) is 0 Å². The van der Waals surface area contributed by atoms with Gasteiger partial charge >= 0.3 is 0 Å². The van der Waals surface area contributed by atoms with Gasteiger partial charge in [0.2, 0.25) is 5.89 Å². The van der Waals surface area contributed by atoms with Gasteiger partial charge in [-0.2, -0.15) is 0 Å². The molecular formula is C10H10FN3O. The molecule has 15 heavy (non-hydrogen) atoms. The first kappa shape index (κ1) is 9.79. The summed E-state index contributed by atoms with van der Waals surface area (Å²) in [6.07, 6.45) is 0. The number of benzene rings is 1. The standard InChI is InChI=1S/C10H10FN3O/c1-6(12)9-13-14-10(15-9)7-4-2-3-5-8(7)11/h2-6H,12H2,1H3/t6-/m1/s1. The zero-order chi connectivity index (χ0) is 10.8. The Morgan fingerprint density at radius 2 is 2.07 bits per heavy atom. The largest absolute Gasteiger partial charge is 0.419 e. The van der Waals surface area contributed by atoms with Gasteiger partial charge in [-0.15, -0.1) is 10.2 Å². The fourth-order valence-corrected chi connectivity index (χ4v) is 1.16. The van der Waals surface area contributed by atoms with Crippen LogP contribution in [0.2, 0.25) is 0 Å². The normalized spacial score (nSPS) is 12.7. The topological polar surface area (TPSA) is 64.9 Å². The van der Waals surface area contributed by atoms with Crippen LogP contribution in [-0.4, -0.2) is 10.2 Å². The summed E-state index contributed by atoms with van der Waals surface area (Å²) in [5.74, 6) is 0.0611. The molecule has 0 aliphatic carbocycles. The van der Waals surface area contributed by atoms with Crippen LogP contribution in [0.3, 0.4) is 0 Å². The molecule has 0 aliphatic rings. The molecule has 0 unspecified atom stereocenters. The molecule has 0 saturated carbocycles. The fourth-order valence-electron chi connectivity index (χ4n) is 1.16. The van der Waals surface area contributed by atoms with Crippen molar-refractivity contribution < 1.29 is 8.81 Å². The minimum absolute atomic E-state index is 0.153. The fraction of sp³-hybridized carbons (Fsp3) is 0.200. The third-order valence-electron chi connectivity index (χ3n) is 1.93. The number of nitrogens with two attached hydrogens (primary N) is 1. The molecule has 0 radical (unpaired) electrons. The Kier molecular flexibility index (Phi) is 2.47. The molecule has 78 valence electrons. The quantitative estimate of drug-likeness (QED) is 0.816. The van der Waals surface area contributed by atoms with E-state index in [1.54, 1.807) is 25.1 Å². The Bertz CT molecular complexity index is 467. The van der Waals surface area contributed by atoms with Crippen LogP contribution in [0.15, 0.2) is 28.7 Å². The Morgan fingerprint density at radius 3 is 2.67 bits per heavy atom. The van der Waals surface area contributed by atoms with Crippen molar-refractivity contribution >= 4 is 0 Å². The third kappa shape index (κ3) is 1.87. The number of halogens is 1. The highest BCUT2D eigenvalue weighted by Gasteiger charge is 2.13. The maximum Gasteiger partial charge on any atom is 0.250 e. The van der Waals surface area contributed by atoms with Crippen LogP contribution >= 0.6 is 0 Å². The summed E-state index contributed by atoms with van der Waals surface area (Å²) in [5.41, 5.74) is 5.84. The molecule has 1 atom stereocenters. The lowest BCUT2D eigenvalue weighted by atomic mass is 10.2. The van der Waals surface area contributed by atoms with E-state index in [2.05, 4.69) is 10.2 Å². The molecule has 1 aromatic carbocycles. The van der Waals surface area contributed by atoms with E-state index in [4.69, 9.17) is 10.2 Å². The third-order valence-corrected chi connectivity index (χ3v) is 1.93. The maximum absolute atomic E-state index is 13.3. The van der Waals surface area contributed by atoms with E-state index in [1.165, 1.54) is 6.07 Å². The zero-order valence-electron chi connectivity index (χ0n) is 8.14. The molecule has 0 spiro atoms. The minimum atomic E-state index is -0.391. The van der Waals surface area contributed by atoms with E-state index in [9.17, 15) is 4.39 Å². The summed E-state index contributed by atoms with van der Waals surface area (Å²) in [6, 6.07) is 5.87. The average molecular weight is 207 g/mol. The van der Waals surface area contributed by atoms with Crippen LogP contribution in [0.4, 0.5) is 4.39 Å². The van der Waals surface area contributed by atoms with E-state index >= 15 is 0 Å². The molecule has 1 aromatic heterocycles. The highest BCUT2D eigenvalue weighted by atomic mass is 19.1. The summed E-state index contributed by atoms with van der Waals surface area (Å²) in [4.78, 5) is 0. The van der Waals surface area contributed by atoms with Crippen molar-refractivity contribution in [3.05, 3.63) is 36.0 Å². The molecule has 0 saturated heterocycles. The maximum atomic E-state index is 13.3. The number of hydrogen-bond acceptors (Lipinski definition) is 4. The Hall–Kier alpha value is -1.75. The summed E-state index contributed by atoms with van der Waals surface area (Å²) in [6.45, 7) is 1.72. The SMILES string of the molecule is C[C@@H](N)c1nnc(-c2ccccc2F)o1. The van der Waals surface area contributed by atoms with E-state index in [0.29, 0.717) is 5.89 Å². The molecule has 4 nitrogen and oxygen atoms in total. The van der Waals surface area contributed by atoms with Gasteiger partial charge in [0.1, 0.15) is 5.82 Å². The van der Waals surface area contributed by atoms with Crippen molar-refractivity contribution in [2.24, 2.45) is 5.73 Å². The van der Waals surface area contributed by atoms with Gasteiger partial charge in [-0.3, -0.25) is 0 Å². The molecule has 0 aliphatic heterocycles. The van der Waals surface area contributed by atoms with Gasteiger partial charge in [-0.25, -0.2) is 4.39 Å². The van der Waals surface area contributed by atoms with Gasteiger partial charge in [0.05, 0.1) is 11.6 Å². The second-order valence-corrected chi connectivity index (χ2v) is 3.21. The van der Waals surface area contributed by atoms with E-state index in [1.807, 2.05) is 0 Å². The predicted octanol–water partition coefficient (Wildman–Crippen LogP) is 1.90. The number of aromatic nitrogens is 2. The van der Waals surface area contributed by atoms with Crippen LogP contribution < -0.4 is 5.73 Å². The molecule has 5 heteroatoms. The van der Waals surface area contributed by atoms with Gasteiger partial charge < -0.3 is 10.2 Å². The Balaban J connectivity index is 2.42. The smallest absolute Gasteiger partial charge is 0.250 e. The van der Waals surface area contributed by atoms with Crippen molar-refractivity contribution in [1.29, 1.82) is 0 Å². The number of nitrogens with zero attached hydrogens (tertiary/aromatic N) is 2. The van der Waals surface area contributed by atoms with Crippen LogP contribution in [0.25, 0.3) is 11.5 Å². The van der Waals surface area contributed by atoms with Gasteiger partial charge in [-0.05, 0) is 19.1 Å². The van der Waals surface area contributed by atoms with Gasteiger partial charge in [0, 0.05) is 0 Å².